The summed E-state index contributed by atoms with van der Waals surface area (Å²) in [5.74, 6) is -0.561. The third-order valence-electron chi connectivity index (χ3n) is 5.10. The van der Waals surface area contributed by atoms with Crippen LogP contribution in [0.5, 0.6) is 0 Å². The smallest absolute Gasteiger partial charge is 0.255 e. The number of halogens is 1. The maximum atomic E-state index is 13.8. The number of benzene rings is 2. The molecule has 0 atom stereocenters. The summed E-state index contributed by atoms with van der Waals surface area (Å²) in [4.78, 5) is 27.0. The molecule has 2 aromatic rings. The second-order valence-corrected chi connectivity index (χ2v) is 7.20. The van der Waals surface area contributed by atoms with Gasteiger partial charge in [-0.3, -0.25) is 9.59 Å². The zero-order valence-electron chi connectivity index (χ0n) is 15.6. The summed E-state index contributed by atoms with van der Waals surface area (Å²) in [6, 6.07) is 12.6. The predicted octanol–water partition coefficient (Wildman–Crippen LogP) is 4.73. The lowest BCUT2D eigenvalue weighted by Crippen LogP contribution is -2.33. The van der Waals surface area contributed by atoms with Crippen molar-refractivity contribution < 1.29 is 14.0 Å². The van der Waals surface area contributed by atoms with Gasteiger partial charge in [0.1, 0.15) is 5.82 Å². The van der Waals surface area contributed by atoms with Crippen molar-refractivity contribution in [3.05, 3.63) is 65.5 Å². The molecule has 1 fully saturated rings. The van der Waals surface area contributed by atoms with Gasteiger partial charge in [-0.05, 0) is 49.1 Å². The van der Waals surface area contributed by atoms with Crippen molar-refractivity contribution in [1.29, 1.82) is 0 Å². The molecule has 0 heterocycles. The van der Waals surface area contributed by atoms with Crippen LogP contribution in [-0.2, 0) is 0 Å². The zero-order chi connectivity index (χ0) is 19.2. The van der Waals surface area contributed by atoms with Gasteiger partial charge in [0.05, 0.1) is 11.3 Å². The lowest BCUT2D eigenvalue weighted by molar-refractivity contribution is 0.0761. The van der Waals surface area contributed by atoms with E-state index in [0.717, 1.165) is 12.8 Å². The molecule has 27 heavy (non-hydrogen) atoms. The van der Waals surface area contributed by atoms with Crippen LogP contribution in [0.4, 0.5) is 10.1 Å². The van der Waals surface area contributed by atoms with E-state index in [1.165, 1.54) is 37.5 Å². The maximum absolute atomic E-state index is 13.8. The zero-order valence-corrected chi connectivity index (χ0v) is 15.6. The van der Waals surface area contributed by atoms with Gasteiger partial charge < -0.3 is 10.2 Å². The van der Waals surface area contributed by atoms with Gasteiger partial charge in [0.2, 0.25) is 0 Å². The highest BCUT2D eigenvalue weighted by atomic mass is 19.1. The number of hydrogen-bond acceptors (Lipinski definition) is 2. The quantitative estimate of drug-likeness (QED) is 0.829. The molecule has 1 saturated carbocycles. The average Bonchev–Trinajstić information content (AvgIpc) is 2.69. The molecule has 0 saturated heterocycles. The van der Waals surface area contributed by atoms with Crippen LogP contribution in [0.15, 0.2) is 48.5 Å². The van der Waals surface area contributed by atoms with Crippen molar-refractivity contribution in [3.8, 4) is 0 Å². The Bertz CT molecular complexity index is 801. The Morgan fingerprint density at radius 1 is 1.07 bits per heavy atom. The van der Waals surface area contributed by atoms with Crippen LogP contribution in [0, 0.1) is 11.7 Å². The van der Waals surface area contributed by atoms with E-state index in [9.17, 15) is 14.0 Å². The predicted molar refractivity (Wildman–Crippen MR) is 104 cm³/mol. The highest BCUT2D eigenvalue weighted by molar-refractivity contribution is 6.08. The van der Waals surface area contributed by atoms with Crippen LogP contribution in [0.3, 0.4) is 0 Å². The van der Waals surface area contributed by atoms with E-state index in [1.807, 2.05) is 6.07 Å². The van der Waals surface area contributed by atoms with Crippen LogP contribution < -0.4 is 5.32 Å². The molecule has 0 radical (unpaired) electrons. The van der Waals surface area contributed by atoms with Gasteiger partial charge in [0.25, 0.3) is 11.8 Å². The number of amides is 2. The summed E-state index contributed by atoms with van der Waals surface area (Å²) in [6.07, 6.45) is 5.96. The molecule has 3 rings (SSSR count). The summed E-state index contributed by atoms with van der Waals surface area (Å²) in [5.41, 5.74) is 0.957. The first kappa shape index (κ1) is 19.1. The van der Waals surface area contributed by atoms with E-state index in [2.05, 4.69) is 5.32 Å². The van der Waals surface area contributed by atoms with E-state index in [0.29, 0.717) is 23.6 Å². The first-order chi connectivity index (χ1) is 13.0. The SMILES string of the molecule is CN(CC1CCCCC1)C(=O)c1ccc(F)cc1NC(=O)c1ccccc1. The summed E-state index contributed by atoms with van der Waals surface area (Å²) < 4.78 is 13.8. The Balaban J connectivity index is 1.76. The minimum Gasteiger partial charge on any atom is -0.341 e. The Hall–Kier alpha value is -2.69. The first-order valence-electron chi connectivity index (χ1n) is 9.46. The van der Waals surface area contributed by atoms with Crippen molar-refractivity contribution in [2.75, 3.05) is 18.9 Å². The van der Waals surface area contributed by atoms with Gasteiger partial charge in [0.15, 0.2) is 0 Å². The van der Waals surface area contributed by atoms with E-state index < -0.39 is 5.82 Å². The number of nitrogens with zero attached hydrogens (tertiary/aromatic N) is 1. The van der Waals surface area contributed by atoms with Crippen LogP contribution in [0.1, 0.15) is 52.8 Å². The second-order valence-electron chi connectivity index (χ2n) is 7.20. The molecule has 1 aliphatic rings. The first-order valence-corrected chi connectivity index (χ1v) is 9.46. The van der Waals surface area contributed by atoms with Crippen molar-refractivity contribution in [3.63, 3.8) is 0 Å². The molecule has 0 spiro atoms. The van der Waals surface area contributed by atoms with Crippen LogP contribution in [-0.4, -0.2) is 30.3 Å². The molecule has 0 aliphatic heterocycles. The number of hydrogen-bond donors (Lipinski definition) is 1. The Labute approximate surface area is 159 Å². The monoisotopic (exact) mass is 368 g/mol. The minimum absolute atomic E-state index is 0.198. The van der Waals surface area contributed by atoms with Crippen LogP contribution in [0.25, 0.3) is 0 Å². The summed E-state index contributed by atoms with van der Waals surface area (Å²) in [5, 5.41) is 2.68. The van der Waals surface area contributed by atoms with E-state index in [-0.39, 0.29) is 17.5 Å². The van der Waals surface area contributed by atoms with Crippen molar-refractivity contribution in [2.24, 2.45) is 5.92 Å². The average molecular weight is 368 g/mol. The number of carbonyl (C=O) groups is 2. The van der Waals surface area contributed by atoms with Crippen molar-refractivity contribution in [1.82, 2.24) is 4.90 Å². The van der Waals surface area contributed by atoms with Crippen LogP contribution >= 0.6 is 0 Å². The lowest BCUT2D eigenvalue weighted by Gasteiger charge is -2.27. The molecule has 0 unspecified atom stereocenters. The fourth-order valence-electron chi connectivity index (χ4n) is 3.64. The third-order valence-corrected chi connectivity index (χ3v) is 5.10. The maximum Gasteiger partial charge on any atom is 0.255 e. The van der Waals surface area contributed by atoms with Gasteiger partial charge >= 0.3 is 0 Å². The Kier molecular flexibility index (Phi) is 6.22. The molecular weight excluding hydrogens is 343 g/mol. The molecule has 0 aromatic heterocycles. The number of carbonyl (C=O) groups excluding carboxylic acids is 2. The van der Waals surface area contributed by atoms with Gasteiger partial charge in [-0.1, -0.05) is 37.5 Å². The fraction of sp³-hybridized carbons (Fsp3) is 0.364. The molecule has 142 valence electrons. The summed E-state index contributed by atoms with van der Waals surface area (Å²) in [6.45, 7) is 0.683. The Morgan fingerprint density at radius 3 is 2.48 bits per heavy atom. The van der Waals surface area contributed by atoms with Crippen molar-refractivity contribution >= 4 is 17.5 Å². The Morgan fingerprint density at radius 2 is 1.78 bits per heavy atom. The molecule has 2 amide bonds. The third kappa shape index (κ3) is 4.94. The highest BCUT2D eigenvalue weighted by Crippen LogP contribution is 2.26. The minimum atomic E-state index is -0.496. The molecule has 2 aromatic carbocycles. The van der Waals surface area contributed by atoms with Gasteiger partial charge in [-0.15, -0.1) is 0 Å². The number of nitrogens with one attached hydrogen (secondary N) is 1. The number of anilines is 1. The largest absolute Gasteiger partial charge is 0.341 e. The molecular formula is C22H25FN2O2. The number of rotatable bonds is 5. The molecule has 1 N–H and O–H groups in total. The molecule has 1 aliphatic carbocycles. The fourth-order valence-corrected chi connectivity index (χ4v) is 3.64. The van der Waals surface area contributed by atoms with E-state index in [1.54, 1.807) is 36.2 Å². The lowest BCUT2D eigenvalue weighted by atomic mass is 9.89. The molecule has 0 bridgehead atoms. The van der Waals surface area contributed by atoms with Gasteiger partial charge in [-0.25, -0.2) is 4.39 Å². The topological polar surface area (TPSA) is 49.4 Å². The van der Waals surface area contributed by atoms with Gasteiger partial charge in [-0.2, -0.15) is 0 Å². The molecule has 4 nitrogen and oxygen atoms in total. The molecule has 5 heteroatoms. The van der Waals surface area contributed by atoms with E-state index in [4.69, 9.17) is 0 Å². The second kappa shape index (κ2) is 8.80. The summed E-state index contributed by atoms with van der Waals surface area (Å²) >= 11 is 0. The highest BCUT2D eigenvalue weighted by Gasteiger charge is 2.22. The normalized spacial score (nSPS) is 14.6. The van der Waals surface area contributed by atoms with Crippen LogP contribution in [0.2, 0.25) is 0 Å². The van der Waals surface area contributed by atoms with E-state index >= 15 is 0 Å². The standard InChI is InChI=1S/C22H25FN2O2/c1-25(15-16-8-4-2-5-9-16)22(27)19-13-12-18(23)14-20(19)24-21(26)17-10-6-3-7-11-17/h3,6-7,10-14,16H,2,4-5,8-9,15H2,1H3,(H,24,26). The van der Waals surface area contributed by atoms with Gasteiger partial charge in [0, 0.05) is 19.2 Å². The summed E-state index contributed by atoms with van der Waals surface area (Å²) in [7, 11) is 1.77. The van der Waals surface area contributed by atoms with Crippen molar-refractivity contribution in [2.45, 2.75) is 32.1 Å².